The van der Waals surface area contributed by atoms with Gasteiger partial charge in [-0.25, -0.2) is 13.5 Å². The lowest BCUT2D eigenvalue weighted by Crippen LogP contribution is -2.48. The van der Waals surface area contributed by atoms with E-state index in [1.54, 1.807) is 27.9 Å². The van der Waals surface area contributed by atoms with Crippen LogP contribution in [0.15, 0.2) is 48.7 Å². The summed E-state index contributed by atoms with van der Waals surface area (Å²) in [5.74, 6) is -1.01. The van der Waals surface area contributed by atoms with Crippen molar-refractivity contribution in [3.63, 3.8) is 0 Å². The highest BCUT2D eigenvalue weighted by Gasteiger charge is 2.24. The molecule has 1 aliphatic heterocycles. The van der Waals surface area contributed by atoms with Crippen molar-refractivity contribution in [3.05, 3.63) is 82.7 Å². The molecule has 32 heavy (non-hydrogen) atoms. The SMILES string of the molecule is Cc1ccc(OCn2ccc(C(=O)N3CCN(Cc4cccc(F)c4F)CC3)n2)c(C)c1. The number of carbonyl (C=O) groups is 1. The van der Waals surface area contributed by atoms with Gasteiger partial charge >= 0.3 is 0 Å². The van der Waals surface area contributed by atoms with Gasteiger partial charge in [0, 0.05) is 44.5 Å². The first-order chi connectivity index (χ1) is 15.4. The van der Waals surface area contributed by atoms with Gasteiger partial charge in [0.2, 0.25) is 0 Å². The van der Waals surface area contributed by atoms with Crippen LogP contribution in [0.5, 0.6) is 5.75 Å². The summed E-state index contributed by atoms with van der Waals surface area (Å²) in [6.07, 6.45) is 1.72. The summed E-state index contributed by atoms with van der Waals surface area (Å²) in [6, 6.07) is 11.9. The monoisotopic (exact) mass is 440 g/mol. The van der Waals surface area contributed by atoms with E-state index in [1.165, 1.54) is 11.6 Å². The summed E-state index contributed by atoms with van der Waals surface area (Å²) < 4.78 is 34.7. The van der Waals surface area contributed by atoms with E-state index < -0.39 is 11.6 Å². The Morgan fingerprint density at radius 3 is 2.59 bits per heavy atom. The van der Waals surface area contributed by atoms with E-state index in [0.29, 0.717) is 44.0 Å². The van der Waals surface area contributed by atoms with Gasteiger partial charge in [-0.1, -0.05) is 29.8 Å². The molecular weight excluding hydrogens is 414 g/mol. The molecule has 0 aliphatic carbocycles. The molecule has 1 saturated heterocycles. The molecule has 0 bridgehead atoms. The van der Waals surface area contributed by atoms with Gasteiger partial charge in [-0.05, 0) is 37.6 Å². The third-order valence-electron chi connectivity index (χ3n) is 5.63. The predicted molar refractivity (Wildman–Crippen MR) is 116 cm³/mol. The van der Waals surface area contributed by atoms with Crippen LogP contribution >= 0.6 is 0 Å². The second kappa shape index (κ2) is 9.48. The zero-order valence-electron chi connectivity index (χ0n) is 18.2. The molecule has 1 amide bonds. The maximum Gasteiger partial charge on any atom is 0.274 e. The Morgan fingerprint density at radius 1 is 1.06 bits per heavy atom. The van der Waals surface area contributed by atoms with Crippen molar-refractivity contribution in [2.24, 2.45) is 0 Å². The number of carbonyl (C=O) groups excluding carboxylic acids is 1. The summed E-state index contributed by atoms with van der Waals surface area (Å²) >= 11 is 0. The van der Waals surface area contributed by atoms with Crippen molar-refractivity contribution in [1.82, 2.24) is 19.6 Å². The highest BCUT2D eigenvalue weighted by atomic mass is 19.2. The van der Waals surface area contributed by atoms with Crippen molar-refractivity contribution in [1.29, 1.82) is 0 Å². The summed E-state index contributed by atoms with van der Waals surface area (Å²) in [5, 5.41) is 4.35. The number of rotatable bonds is 6. The van der Waals surface area contributed by atoms with Gasteiger partial charge in [-0.3, -0.25) is 9.69 Å². The van der Waals surface area contributed by atoms with Crippen LogP contribution in [0.4, 0.5) is 8.78 Å². The largest absolute Gasteiger partial charge is 0.471 e. The number of ether oxygens (including phenoxy) is 1. The molecule has 1 aromatic heterocycles. The number of piperazine rings is 1. The molecular formula is C24H26F2N4O2. The fourth-order valence-electron chi connectivity index (χ4n) is 3.83. The zero-order chi connectivity index (χ0) is 22.7. The van der Waals surface area contributed by atoms with Crippen LogP contribution in [0.3, 0.4) is 0 Å². The van der Waals surface area contributed by atoms with Crippen LogP contribution < -0.4 is 4.74 Å². The Morgan fingerprint density at radius 2 is 1.84 bits per heavy atom. The predicted octanol–water partition coefficient (Wildman–Crippen LogP) is 3.77. The molecule has 168 valence electrons. The fourth-order valence-corrected chi connectivity index (χ4v) is 3.83. The van der Waals surface area contributed by atoms with Crippen LogP contribution in [0, 0.1) is 25.5 Å². The number of nitrogens with zero attached hydrogens (tertiary/aromatic N) is 4. The van der Waals surface area contributed by atoms with E-state index in [1.807, 2.05) is 30.9 Å². The van der Waals surface area contributed by atoms with E-state index >= 15 is 0 Å². The molecule has 1 aliphatic rings. The van der Waals surface area contributed by atoms with Crippen LogP contribution in [0.1, 0.15) is 27.2 Å². The standard InChI is InChI=1S/C24H26F2N4O2/c1-17-6-7-22(18(2)14-17)32-16-30-9-8-21(27-30)24(31)29-12-10-28(11-13-29)15-19-4-3-5-20(25)23(19)26/h3-9,14H,10-13,15-16H2,1-2H3. The number of aromatic nitrogens is 2. The topological polar surface area (TPSA) is 50.6 Å². The lowest BCUT2D eigenvalue weighted by molar-refractivity contribution is 0.0619. The number of benzene rings is 2. The normalized spacial score (nSPS) is 14.6. The first kappa shape index (κ1) is 22.0. The van der Waals surface area contributed by atoms with Crippen LogP contribution in [-0.2, 0) is 13.3 Å². The molecule has 2 heterocycles. The van der Waals surface area contributed by atoms with E-state index in [4.69, 9.17) is 4.74 Å². The second-order valence-electron chi connectivity index (χ2n) is 8.06. The zero-order valence-corrected chi connectivity index (χ0v) is 18.2. The molecule has 4 rings (SSSR count). The lowest BCUT2D eigenvalue weighted by atomic mass is 10.1. The first-order valence-corrected chi connectivity index (χ1v) is 10.6. The Kier molecular flexibility index (Phi) is 6.50. The minimum Gasteiger partial charge on any atom is -0.471 e. The van der Waals surface area contributed by atoms with Gasteiger partial charge < -0.3 is 9.64 Å². The van der Waals surface area contributed by atoms with Crippen molar-refractivity contribution in [3.8, 4) is 5.75 Å². The Balaban J connectivity index is 1.30. The Hall–Kier alpha value is -3.26. The van der Waals surface area contributed by atoms with Crippen molar-refractivity contribution in [2.45, 2.75) is 27.1 Å². The van der Waals surface area contributed by atoms with Gasteiger partial charge in [0.1, 0.15) is 5.75 Å². The van der Waals surface area contributed by atoms with E-state index in [-0.39, 0.29) is 12.6 Å². The second-order valence-corrected chi connectivity index (χ2v) is 8.06. The number of halogens is 2. The molecule has 3 aromatic rings. The van der Waals surface area contributed by atoms with Crippen molar-refractivity contribution < 1.29 is 18.3 Å². The van der Waals surface area contributed by atoms with Gasteiger partial charge in [-0.2, -0.15) is 5.10 Å². The fraction of sp³-hybridized carbons (Fsp3) is 0.333. The van der Waals surface area contributed by atoms with Crippen LogP contribution in [-0.4, -0.2) is 51.7 Å². The molecule has 0 radical (unpaired) electrons. The van der Waals surface area contributed by atoms with Gasteiger partial charge in [-0.15, -0.1) is 0 Å². The Labute approximate surface area is 186 Å². The van der Waals surface area contributed by atoms with E-state index in [0.717, 1.165) is 17.4 Å². The maximum atomic E-state index is 13.9. The van der Waals surface area contributed by atoms with Gasteiger partial charge in [0.25, 0.3) is 5.91 Å². The van der Waals surface area contributed by atoms with Crippen LogP contribution in [0.2, 0.25) is 0 Å². The Bertz CT molecular complexity index is 1110. The molecule has 6 nitrogen and oxygen atoms in total. The van der Waals surface area contributed by atoms with E-state index in [9.17, 15) is 13.6 Å². The summed E-state index contributed by atoms with van der Waals surface area (Å²) in [7, 11) is 0. The molecule has 8 heteroatoms. The lowest BCUT2D eigenvalue weighted by Gasteiger charge is -2.34. The maximum absolute atomic E-state index is 13.9. The molecule has 0 atom stereocenters. The third kappa shape index (κ3) is 4.96. The molecule has 0 saturated carbocycles. The average molecular weight is 440 g/mol. The number of aryl methyl sites for hydroxylation is 2. The number of amides is 1. The third-order valence-corrected chi connectivity index (χ3v) is 5.63. The van der Waals surface area contributed by atoms with Crippen molar-refractivity contribution in [2.75, 3.05) is 26.2 Å². The summed E-state index contributed by atoms with van der Waals surface area (Å²) in [6.45, 7) is 6.71. The molecule has 0 N–H and O–H groups in total. The number of hydrogen-bond acceptors (Lipinski definition) is 4. The molecule has 1 fully saturated rings. The summed E-state index contributed by atoms with van der Waals surface area (Å²) in [5.41, 5.74) is 2.90. The first-order valence-electron chi connectivity index (χ1n) is 10.6. The number of hydrogen-bond donors (Lipinski definition) is 0. The minimum atomic E-state index is -0.839. The highest BCUT2D eigenvalue weighted by molar-refractivity contribution is 5.92. The molecule has 2 aromatic carbocycles. The molecule has 0 spiro atoms. The smallest absolute Gasteiger partial charge is 0.274 e. The van der Waals surface area contributed by atoms with Gasteiger partial charge in [0.05, 0.1) is 0 Å². The summed E-state index contributed by atoms with van der Waals surface area (Å²) in [4.78, 5) is 16.6. The minimum absolute atomic E-state index is 0.146. The quantitative estimate of drug-likeness (QED) is 0.586. The van der Waals surface area contributed by atoms with Gasteiger partial charge in [0.15, 0.2) is 24.1 Å². The molecule has 0 unspecified atom stereocenters. The average Bonchev–Trinajstić information content (AvgIpc) is 3.25. The van der Waals surface area contributed by atoms with Crippen LogP contribution in [0.25, 0.3) is 0 Å². The van der Waals surface area contributed by atoms with Crippen molar-refractivity contribution >= 4 is 5.91 Å². The highest BCUT2D eigenvalue weighted by Crippen LogP contribution is 2.19. The van der Waals surface area contributed by atoms with E-state index in [2.05, 4.69) is 11.2 Å².